The predicted octanol–water partition coefficient (Wildman–Crippen LogP) is 0.217. The Balaban J connectivity index is 1.66. The maximum atomic E-state index is 11.7. The van der Waals surface area contributed by atoms with Crippen LogP contribution in [0.3, 0.4) is 0 Å². The molecule has 1 heterocycles. The van der Waals surface area contributed by atoms with Crippen LogP contribution in [0.1, 0.15) is 0 Å². The minimum Gasteiger partial charge on any atom is -0.491 e. The summed E-state index contributed by atoms with van der Waals surface area (Å²) in [5.74, 6) is 0.784. The standard InChI is InChI=1S/C16H24N2O4/c1-21-13-16(20)18-9-7-17(8-10-18)11-14(19)12-22-15-5-3-2-4-6-15/h2-6,14,19H,7-13H2,1H3/t14-/m1/s1. The third-order valence-corrected chi connectivity index (χ3v) is 3.65. The Morgan fingerprint density at radius 3 is 2.55 bits per heavy atom. The number of carbonyl (C=O) groups is 1. The van der Waals surface area contributed by atoms with E-state index in [1.165, 1.54) is 7.11 Å². The molecule has 1 amide bonds. The maximum Gasteiger partial charge on any atom is 0.248 e. The van der Waals surface area contributed by atoms with Crippen LogP contribution in [-0.2, 0) is 9.53 Å². The normalized spacial score (nSPS) is 17.3. The molecule has 0 spiro atoms. The zero-order chi connectivity index (χ0) is 15.8. The van der Waals surface area contributed by atoms with Gasteiger partial charge in [-0.05, 0) is 12.1 Å². The number of hydrogen-bond donors (Lipinski definition) is 1. The molecular weight excluding hydrogens is 284 g/mol. The molecule has 122 valence electrons. The van der Waals surface area contributed by atoms with Gasteiger partial charge >= 0.3 is 0 Å². The van der Waals surface area contributed by atoms with Gasteiger partial charge in [-0.25, -0.2) is 0 Å². The van der Waals surface area contributed by atoms with Crippen LogP contribution in [0, 0.1) is 0 Å². The molecule has 1 fully saturated rings. The van der Waals surface area contributed by atoms with Crippen molar-refractivity contribution in [3.05, 3.63) is 30.3 Å². The second-order valence-electron chi connectivity index (χ2n) is 5.39. The number of aliphatic hydroxyl groups is 1. The second kappa shape index (κ2) is 8.73. The number of hydrogen-bond acceptors (Lipinski definition) is 5. The quantitative estimate of drug-likeness (QED) is 0.780. The number of rotatable bonds is 7. The van der Waals surface area contributed by atoms with E-state index >= 15 is 0 Å². The van der Waals surface area contributed by atoms with E-state index in [4.69, 9.17) is 9.47 Å². The summed E-state index contributed by atoms with van der Waals surface area (Å²) in [5.41, 5.74) is 0. The highest BCUT2D eigenvalue weighted by Gasteiger charge is 2.22. The molecule has 22 heavy (non-hydrogen) atoms. The fourth-order valence-electron chi connectivity index (χ4n) is 2.45. The Labute approximate surface area is 131 Å². The van der Waals surface area contributed by atoms with Crippen LogP contribution in [-0.4, -0.2) is 80.0 Å². The van der Waals surface area contributed by atoms with Crippen LogP contribution in [0.2, 0.25) is 0 Å². The third kappa shape index (κ3) is 5.29. The highest BCUT2D eigenvalue weighted by molar-refractivity contribution is 5.77. The van der Waals surface area contributed by atoms with Gasteiger partial charge in [0.15, 0.2) is 0 Å². The van der Waals surface area contributed by atoms with E-state index in [9.17, 15) is 9.90 Å². The van der Waals surface area contributed by atoms with Crippen molar-refractivity contribution in [3.63, 3.8) is 0 Å². The summed E-state index contributed by atoms with van der Waals surface area (Å²) < 4.78 is 10.4. The zero-order valence-corrected chi connectivity index (χ0v) is 13.0. The Bertz CT molecular complexity index is 447. The summed E-state index contributed by atoms with van der Waals surface area (Å²) in [4.78, 5) is 15.6. The van der Waals surface area contributed by atoms with E-state index in [-0.39, 0.29) is 19.1 Å². The van der Waals surface area contributed by atoms with Crippen LogP contribution in [0.4, 0.5) is 0 Å². The monoisotopic (exact) mass is 308 g/mol. The molecule has 1 aliphatic rings. The summed E-state index contributed by atoms with van der Waals surface area (Å²) in [6.45, 7) is 3.83. The van der Waals surface area contributed by atoms with Gasteiger partial charge in [0.05, 0.1) is 0 Å². The van der Waals surface area contributed by atoms with Crippen LogP contribution in [0.15, 0.2) is 30.3 Å². The summed E-state index contributed by atoms with van der Waals surface area (Å²) in [5, 5.41) is 10.1. The number of ether oxygens (including phenoxy) is 2. The van der Waals surface area contributed by atoms with E-state index in [0.717, 1.165) is 18.8 Å². The predicted molar refractivity (Wildman–Crippen MR) is 82.8 cm³/mol. The van der Waals surface area contributed by atoms with Gasteiger partial charge < -0.3 is 19.5 Å². The van der Waals surface area contributed by atoms with Crippen molar-refractivity contribution in [2.75, 3.05) is 53.0 Å². The number of nitrogens with zero attached hydrogens (tertiary/aromatic N) is 2. The summed E-state index contributed by atoms with van der Waals surface area (Å²) in [6.07, 6.45) is -0.540. The molecular formula is C16H24N2O4. The first-order chi connectivity index (χ1) is 10.7. The van der Waals surface area contributed by atoms with Crippen molar-refractivity contribution in [2.45, 2.75) is 6.10 Å². The Kier molecular flexibility index (Phi) is 6.64. The van der Waals surface area contributed by atoms with Gasteiger partial charge in [0.2, 0.25) is 5.91 Å². The molecule has 0 radical (unpaired) electrons. The van der Waals surface area contributed by atoms with Gasteiger partial charge in [-0.15, -0.1) is 0 Å². The molecule has 1 atom stereocenters. The number of benzene rings is 1. The molecule has 1 aliphatic heterocycles. The van der Waals surface area contributed by atoms with Crippen molar-refractivity contribution in [3.8, 4) is 5.75 Å². The second-order valence-corrected chi connectivity index (χ2v) is 5.39. The van der Waals surface area contributed by atoms with Gasteiger partial charge in [-0.1, -0.05) is 18.2 Å². The first kappa shape index (κ1) is 16.7. The number of piperazine rings is 1. The van der Waals surface area contributed by atoms with Gasteiger partial charge in [0.1, 0.15) is 25.1 Å². The lowest BCUT2D eigenvalue weighted by atomic mass is 10.2. The summed E-state index contributed by atoms with van der Waals surface area (Å²) >= 11 is 0. The first-order valence-corrected chi connectivity index (χ1v) is 7.54. The highest BCUT2D eigenvalue weighted by Crippen LogP contribution is 2.09. The number of amides is 1. The van der Waals surface area contributed by atoms with Crippen molar-refractivity contribution in [2.24, 2.45) is 0 Å². The SMILES string of the molecule is COCC(=O)N1CCN(C[C@@H](O)COc2ccccc2)CC1. The van der Waals surface area contributed by atoms with E-state index in [1.54, 1.807) is 4.90 Å². The number of methoxy groups -OCH3 is 1. The van der Waals surface area contributed by atoms with Crippen LogP contribution in [0.5, 0.6) is 5.75 Å². The van der Waals surface area contributed by atoms with Crippen molar-refractivity contribution < 1.29 is 19.4 Å². The number of β-amino-alcohol motifs (C(OH)–C–C–N with tert-alkyl or cyclic N) is 1. The topological polar surface area (TPSA) is 62.2 Å². The fraction of sp³-hybridized carbons (Fsp3) is 0.562. The molecule has 0 saturated carbocycles. The average molecular weight is 308 g/mol. The molecule has 0 aromatic heterocycles. The van der Waals surface area contributed by atoms with E-state index in [2.05, 4.69) is 4.90 Å². The Hall–Kier alpha value is -1.63. The minimum absolute atomic E-state index is 0.0232. The molecule has 1 aromatic rings. The molecule has 2 rings (SSSR count). The molecule has 0 unspecified atom stereocenters. The van der Waals surface area contributed by atoms with Gasteiger partial charge in [-0.2, -0.15) is 0 Å². The number of para-hydroxylation sites is 1. The lowest BCUT2D eigenvalue weighted by Gasteiger charge is -2.35. The van der Waals surface area contributed by atoms with E-state index in [1.807, 2.05) is 30.3 Å². The largest absolute Gasteiger partial charge is 0.491 e. The lowest BCUT2D eigenvalue weighted by molar-refractivity contribution is -0.137. The molecule has 1 N–H and O–H groups in total. The summed E-state index contributed by atoms with van der Waals surface area (Å²) in [7, 11) is 1.53. The van der Waals surface area contributed by atoms with Crippen molar-refractivity contribution in [1.29, 1.82) is 0 Å². The fourth-order valence-corrected chi connectivity index (χ4v) is 2.45. The molecule has 1 saturated heterocycles. The highest BCUT2D eigenvalue weighted by atomic mass is 16.5. The first-order valence-electron chi connectivity index (χ1n) is 7.54. The van der Waals surface area contributed by atoms with Gasteiger partial charge in [0.25, 0.3) is 0 Å². The average Bonchev–Trinajstić information content (AvgIpc) is 2.55. The molecule has 0 aliphatic carbocycles. The van der Waals surface area contributed by atoms with Crippen LogP contribution >= 0.6 is 0 Å². The van der Waals surface area contributed by atoms with E-state index < -0.39 is 6.10 Å². The lowest BCUT2D eigenvalue weighted by Crippen LogP contribution is -2.51. The molecule has 6 nitrogen and oxygen atoms in total. The molecule has 6 heteroatoms. The van der Waals surface area contributed by atoms with Crippen molar-refractivity contribution in [1.82, 2.24) is 9.80 Å². The molecule has 0 bridgehead atoms. The van der Waals surface area contributed by atoms with E-state index in [0.29, 0.717) is 19.6 Å². The molecule has 1 aromatic carbocycles. The van der Waals surface area contributed by atoms with Crippen LogP contribution in [0.25, 0.3) is 0 Å². The van der Waals surface area contributed by atoms with Crippen LogP contribution < -0.4 is 4.74 Å². The smallest absolute Gasteiger partial charge is 0.248 e. The third-order valence-electron chi connectivity index (χ3n) is 3.65. The zero-order valence-electron chi connectivity index (χ0n) is 13.0. The Morgan fingerprint density at radius 2 is 1.91 bits per heavy atom. The minimum atomic E-state index is -0.540. The number of carbonyl (C=O) groups excluding carboxylic acids is 1. The number of aliphatic hydroxyl groups excluding tert-OH is 1. The summed E-state index contributed by atoms with van der Waals surface area (Å²) in [6, 6.07) is 9.46. The Morgan fingerprint density at radius 1 is 1.23 bits per heavy atom. The van der Waals surface area contributed by atoms with Gasteiger partial charge in [-0.3, -0.25) is 9.69 Å². The maximum absolute atomic E-state index is 11.7. The van der Waals surface area contributed by atoms with Crippen molar-refractivity contribution >= 4 is 5.91 Å². The van der Waals surface area contributed by atoms with Gasteiger partial charge in [0, 0.05) is 39.8 Å².